The summed E-state index contributed by atoms with van der Waals surface area (Å²) < 4.78 is 7.60. The minimum atomic E-state index is 0.579. The first-order valence-corrected chi connectivity index (χ1v) is 6.72. The van der Waals surface area contributed by atoms with Gasteiger partial charge in [-0.2, -0.15) is 0 Å². The largest absolute Gasteiger partial charge is 0.375 e. The van der Waals surface area contributed by atoms with E-state index in [1.165, 1.54) is 0 Å². The topological polar surface area (TPSA) is 26.5 Å². The Labute approximate surface area is 116 Å². The molecule has 3 nitrogen and oxygen atoms in total. The number of rotatable bonds is 3. The second-order valence-corrected chi connectivity index (χ2v) is 4.90. The Morgan fingerprint density at radius 3 is 2.89 bits per heavy atom. The van der Waals surface area contributed by atoms with E-state index < -0.39 is 0 Å². The van der Waals surface area contributed by atoms with Crippen LogP contribution in [0.2, 0.25) is 5.02 Å². The van der Waals surface area contributed by atoms with Crippen molar-refractivity contribution >= 4 is 28.0 Å². The van der Waals surface area contributed by atoms with Gasteiger partial charge in [-0.05, 0) is 26.0 Å². The molecule has 0 radical (unpaired) electrons. The van der Waals surface area contributed by atoms with E-state index in [1.807, 2.05) is 44.3 Å². The Morgan fingerprint density at radius 2 is 2.11 bits per heavy atom. The predicted molar refractivity (Wildman–Crippen MR) is 77.8 cm³/mol. The number of ether oxygens (including phenoxy) is 1. The lowest BCUT2D eigenvalue weighted by Crippen LogP contribution is -1.98. The molecule has 1 aromatic carbocycles. The van der Waals surface area contributed by atoms with Gasteiger partial charge in [-0.15, -0.1) is 0 Å². The Morgan fingerprint density at radius 1 is 1.26 bits per heavy atom. The SMILES string of the molecule is CCOCc1c(C)nc2c3cccc(Cl)c3ccn12. The fourth-order valence-corrected chi connectivity index (χ4v) is 2.59. The first-order valence-electron chi connectivity index (χ1n) is 6.35. The number of imidazole rings is 1. The van der Waals surface area contributed by atoms with E-state index in [1.54, 1.807) is 0 Å². The van der Waals surface area contributed by atoms with Crippen LogP contribution in [0.15, 0.2) is 30.5 Å². The number of pyridine rings is 1. The van der Waals surface area contributed by atoms with E-state index >= 15 is 0 Å². The van der Waals surface area contributed by atoms with Crippen molar-refractivity contribution in [3.8, 4) is 0 Å². The number of aryl methyl sites for hydroxylation is 1. The van der Waals surface area contributed by atoms with Gasteiger partial charge in [-0.1, -0.05) is 23.7 Å². The molecule has 0 unspecified atom stereocenters. The molecule has 0 fully saturated rings. The number of halogens is 1. The molecule has 2 heterocycles. The molecule has 0 saturated heterocycles. The van der Waals surface area contributed by atoms with E-state index in [-0.39, 0.29) is 0 Å². The summed E-state index contributed by atoms with van der Waals surface area (Å²) in [6.07, 6.45) is 2.01. The lowest BCUT2D eigenvalue weighted by atomic mass is 10.2. The van der Waals surface area contributed by atoms with Crippen LogP contribution in [-0.4, -0.2) is 16.0 Å². The summed E-state index contributed by atoms with van der Waals surface area (Å²) in [5, 5.41) is 2.86. The van der Waals surface area contributed by atoms with Gasteiger partial charge in [0, 0.05) is 28.6 Å². The van der Waals surface area contributed by atoms with Crippen molar-refractivity contribution in [1.29, 1.82) is 0 Å². The highest BCUT2D eigenvalue weighted by atomic mass is 35.5. The van der Waals surface area contributed by atoms with E-state index in [4.69, 9.17) is 16.3 Å². The zero-order valence-electron chi connectivity index (χ0n) is 11.0. The van der Waals surface area contributed by atoms with Crippen molar-refractivity contribution in [2.24, 2.45) is 0 Å². The molecular formula is C15H15ClN2O. The van der Waals surface area contributed by atoms with Crippen LogP contribution in [0.5, 0.6) is 0 Å². The fraction of sp³-hybridized carbons (Fsp3) is 0.267. The predicted octanol–water partition coefficient (Wildman–Crippen LogP) is 3.99. The van der Waals surface area contributed by atoms with Gasteiger partial charge < -0.3 is 9.14 Å². The Kier molecular flexibility index (Phi) is 3.17. The third kappa shape index (κ3) is 1.99. The van der Waals surface area contributed by atoms with Crippen LogP contribution >= 0.6 is 11.6 Å². The first-order chi connectivity index (χ1) is 9.22. The van der Waals surface area contributed by atoms with Gasteiger partial charge in [0.2, 0.25) is 0 Å². The number of hydrogen-bond acceptors (Lipinski definition) is 2. The maximum atomic E-state index is 6.23. The molecule has 0 bridgehead atoms. The molecule has 0 aliphatic heterocycles. The summed E-state index contributed by atoms with van der Waals surface area (Å²) in [6, 6.07) is 7.93. The van der Waals surface area contributed by atoms with Gasteiger partial charge >= 0.3 is 0 Å². The molecule has 19 heavy (non-hydrogen) atoms. The summed E-state index contributed by atoms with van der Waals surface area (Å²) in [5.41, 5.74) is 3.03. The number of fused-ring (bicyclic) bond motifs is 3. The van der Waals surface area contributed by atoms with Crippen molar-refractivity contribution in [1.82, 2.24) is 9.38 Å². The van der Waals surface area contributed by atoms with E-state index in [2.05, 4.69) is 9.38 Å². The van der Waals surface area contributed by atoms with Crippen LogP contribution in [0.25, 0.3) is 16.4 Å². The highest BCUT2D eigenvalue weighted by Crippen LogP contribution is 2.27. The molecule has 0 N–H and O–H groups in total. The third-order valence-corrected chi connectivity index (χ3v) is 3.67. The molecule has 3 rings (SSSR count). The molecule has 0 saturated carbocycles. The molecule has 0 amide bonds. The molecule has 0 spiro atoms. The lowest BCUT2D eigenvalue weighted by Gasteiger charge is -2.05. The Balaban J connectivity index is 2.30. The van der Waals surface area contributed by atoms with Gasteiger partial charge in [0.05, 0.1) is 18.0 Å². The normalized spacial score (nSPS) is 11.5. The Hall–Kier alpha value is -1.58. The third-order valence-electron chi connectivity index (χ3n) is 3.34. The molecule has 98 valence electrons. The number of aromatic nitrogens is 2. The summed E-state index contributed by atoms with van der Waals surface area (Å²) in [7, 11) is 0. The van der Waals surface area contributed by atoms with Crippen molar-refractivity contribution in [3.05, 3.63) is 46.9 Å². The van der Waals surface area contributed by atoms with Gasteiger partial charge in [0.15, 0.2) is 0 Å². The summed E-state index contributed by atoms with van der Waals surface area (Å²) >= 11 is 6.23. The molecule has 2 aromatic heterocycles. The molecule has 0 aliphatic rings. The van der Waals surface area contributed by atoms with Crippen molar-refractivity contribution in [2.45, 2.75) is 20.5 Å². The summed E-state index contributed by atoms with van der Waals surface area (Å²) in [4.78, 5) is 4.66. The van der Waals surface area contributed by atoms with Gasteiger partial charge in [0.1, 0.15) is 5.65 Å². The standard InChI is InChI=1S/C15H15ClN2O/c1-3-19-9-14-10(2)17-15-12-5-4-6-13(16)11(12)7-8-18(14)15/h4-8H,3,9H2,1-2H3. The number of hydrogen-bond donors (Lipinski definition) is 0. The second-order valence-electron chi connectivity index (χ2n) is 4.49. The van der Waals surface area contributed by atoms with E-state index in [0.717, 1.165) is 32.8 Å². The minimum Gasteiger partial charge on any atom is -0.375 e. The molecule has 0 aliphatic carbocycles. The molecule has 3 aromatic rings. The average Bonchev–Trinajstić information content (AvgIpc) is 2.73. The van der Waals surface area contributed by atoms with Gasteiger partial charge in [-0.25, -0.2) is 4.98 Å². The van der Waals surface area contributed by atoms with Crippen LogP contribution < -0.4 is 0 Å². The van der Waals surface area contributed by atoms with Crippen LogP contribution in [-0.2, 0) is 11.3 Å². The van der Waals surface area contributed by atoms with Crippen LogP contribution in [0.4, 0.5) is 0 Å². The van der Waals surface area contributed by atoms with Gasteiger partial charge in [-0.3, -0.25) is 0 Å². The monoisotopic (exact) mass is 274 g/mol. The van der Waals surface area contributed by atoms with Crippen LogP contribution in [0.3, 0.4) is 0 Å². The lowest BCUT2D eigenvalue weighted by molar-refractivity contribution is 0.130. The highest BCUT2D eigenvalue weighted by Gasteiger charge is 2.12. The summed E-state index contributed by atoms with van der Waals surface area (Å²) in [6.45, 7) is 5.28. The maximum Gasteiger partial charge on any atom is 0.145 e. The van der Waals surface area contributed by atoms with Crippen LogP contribution in [0.1, 0.15) is 18.3 Å². The van der Waals surface area contributed by atoms with Gasteiger partial charge in [0.25, 0.3) is 0 Å². The number of nitrogens with zero attached hydrogens (tertiary/aromatic N) is 2. The Bertz CT molecular complexity index is 749. The van der Waals surface area contributed by atoms with E-state index in [9.17, 15) is 0 Å². The first kappa shape index (κ1) is 12.5. The minimum absolute atomic E-state index is 0.579. The smallest absolute Gasteiger partial charge is 0.145 e. The average molecular weight is 275 g/mol. The molecular weight excluding hydrogens is 260 g/mol. The molecule has 4 heteroatoms. The summed E-state index contributed by atoms with van der Waals surface area (Å²) in [5.74, 6) is 0. The fourth-order valence-electron chi connectivity index (χ4n) is 2.35. The zero-order chi connectivity index (χ0) is 13.4. The van der Waals surface area contributed by atoms with E-state index in [0.29, 0.717) is 13.2 Å². The zero-order valence-corrected chi connectivity index (χ0v) is 11.7. The number of benzene rings is 1. The quantitative estimate of drug-likeness (QED) is 0.722. The van der Waals surface area contributed by atoms with Crippen LogP contribution in [0, 0.1) is 6.92 Å². The molecule has 0 atom stereocenters. The van der Waals surface area contributed by atoms with Crippen molar-refractivity contribution < 1.29 is 4.74 Å². The van der Waals surface area contributed by atoms with Crippen molar-refractivity contribution in [2.75, 3.05) is 6.61 Å². The second kappa shape index (κ2) is 4.83. The highest BCUT2D eigenvalue weighted by molar-refractivity contribution is 6.35. The van der Waals surface area contributed by atoms with Crippen molar-refractivity contribution in [3.63, 3.8) is 0 Å². The maximum absolute atomic E-state index is 6.23.